The Morgan fingerprint density at radius 1 is 1.10 bits per heavy atom. The number of alkyl halides is 3. The van der Waals surface area contributed by atoms with E-state index in [1.165, 1.54) is 30.3 Å². The topological polar surface area (TPSA) is 86.5 Å². The fourth-order valence-corrected chi connectivity index (χ4v) is 4.96. The number of aryl methyl sites for hydroxylation is 1. The van der Waals surface area contributed by atoms with Crippen LogP contribution in [-0.4, -0.2) is 32.0 Å². The number of carboxylic acids is 1. The van der Waals surface area contributed by atoms with Gasteiger partial charge in [0.05, 0.1) is 17.1 Å². The largest absolute Gasteiger partial charge is 0.573 e. The summed E-state index contributed by atoms with van der Waals surface area (Å²) in [5.74, 6) is -2.59. The van der Waals surface area contributed by atoms with E-state index in [9.17, 15) is 23.1 Å². The Balaban J connectivity index is 1.53. The number of benzene rings is 2. The Labute approximate surface area is 221 Å². The van der Waals surface area contributed by atoms with Gasteiger partial charge < -0.3 is 19.1 Å². The van der Waals surface area contributed by atoms with Crippen LogP contribution < -0.4 is 9.47 Å². The number of hydrogen-bond acceptors (Lipinski definition) is 5. The number of carbonyl (C=O) groups is 1. The summed E-state index contributed by atoms with van der Waals surface area (Å²) >= 11 is 0. The van der Waals surface area contributed by atoms with Gasteiger partial charge >= 0.3 is 12.3 Å². The summed E-state index contributed by atoms with van der Waals surface area (Å²) in [4.78, 5) is 20.7. The van der Waals surface area contributed by atoms with E-state index in [-0.39, 0.29) is 30.2 Å². The smallest absolute Gasteiger partial charge is 0.487 e. The molecule has 1 saturated carbocycles. The zero-order valence-electron chi connectivity index (χ0n) is 21.3. The van der Waals surface area contributed by atoms with Crippen LogP contribution in [0.1, 0.15) is 42.4 Å². The molecule has 2 aromatic carbocycles. The summed E-state index contributed by atoms with van der Waals surface area (Å²) in [7, 11) is 0. The number of rotatable bonds is 8. The lowest BCUT2D eigenvalue weighted by molar-refractivity contribution is -0.274. The van der Waals surface area contributed by atoms with Crippen LogP contribution in [0.25, 0.3) is 11.0 Å². The molecule has 2 aromatic heterocycles. The number of carboxylic acid groups (broad SMARTS) is 1. The van der Waals surface area contributed by atoms with E-state index in [2.05, 4.69) is 14.7 Å². The first-order valence-electron chi connectivity index (χ1n) is 12.1. The van der Waals surface area contributed by atoms with Crippen molar-refractivity contribution in [2.45, 2.75) is 46.2 Å². The average molecular weight is 544 g/mol. The lowest BCUT2D eigenvalue weighted by Gasteiger charge is -2.13. The van der Waals surface area contributed by atoms with Crippen LogP contribution in [0.4, 0.5) is 17.6 Å². The predicted molar refractivity (Wildman–Crippen MR) is 133 cm³/mol. The van der Waals surface area contributed by atoms with Crippen LogP contribution in [-0.2, 0) is 17.9 Å². The monoisotopic (exact) mass is 543 g/mol. The van der Waals surface area contributed by atoms with E-state index in [0.717, 1.165) is 5.56 Å². The molecule has 39 heavy (non-hydrogen) atoms. The van der Waals surface area contributed by atoms with Crippen LogP contribution >= 0.6 is 0 Å². The second-order valence-corrected chi connectivity index (χ2v) is 10.3. The van der Waals surface area contributed by atoms with Gasteiger partial charge in [-0.2, -0.15) is 0 Å². The number of aromatic nitrogens is 3. The third-order valence-electron chi connectivity index (χ3n) is 7.04. The van der Waals surface area contributed by atoms with E-state index < -0.39 is 35.4 Å². The Bertz CT molecular complexity index is 1530. The summed E-state index contributed by atoms with van der Waals surface area (Å²) in [6.45, 7) is 5.74. The molecule has 0 spiro atoms. The average Bonchev–Trinajstić information content (AvgIpc) is 3.26. The maximum atomic E-state index is 15.3. The highest BCUT2D eigenvalue weighted by molar-refractivity contribution is 5.81. The molecule has 0 bridgehead atoms. The molecule has 0 saturated heterocycles. The Hall–Kier alpha value is -4.15. The predicted octanol–water partition coefficient (Wildman–Crippen LogP) is 6.23. The quantitative estimate of drug-likeness (QED) is 0.265. The van der Waals surface area contributed by atoms with Gasteiger partial charge in [0, 0.05) is 30.8 Å². The van der Waals surface area contributed by atoms with Gasteiger partial charge in [-0.05, 0) is 41.7 Å². The van der Waals surface area contributed by atoms with Crippen molar-refractivity contribution in [3.05, 3.63) is 83.2 Å². The van der Waals surface area contributed by atoms with Crippen molar-refractivity contribution in [1.29, 1.82) is 0 Å². The van der Waals surface area contributed by atoms with Gasteiger partial charge in [0.2, 0.25) is 0 Å². The molecule has 1 unspecified atom stereocenters. The van der Waals surface area contributed by atoms with Gasteiger partial charge in [0.15, 0.2) is 5.82 Å². The number of hydrogen-bond donors (Lipinski definition) is 1. The molecule has 4 aromatic rings. The Morgan fingerprint density at radius 3 is 2.41 bits per heavy atom. The number of pyridine rings is 1. The second kappa shape index (κ2) is 9.55. The molecule has 2 heterocycles. The lowest BCUT2D eigenvalue weighted by Crippen LogP contribution is -2.17. The number of imidazole rings is 1. The van der Waals surface area contributed by atoms with Gasteiger partial charge in [-0.1, -0.05) is 32.0 Å². The van der Waals surface area contributed by atoms with Crippen LogP contribution in [0.5, 0.6) is 11.5 Å². The van der Waals surface area contributed by atoms with E-state index in [0.29, 0.717) is 22.6 Å². The molecule has 0 radical (unpaired) electrons. The van der Waals surface area contributed by atoms with Crippen LogP contribution in [0.15, 0.2) is 54.7 Å². The highest BCUT2D eigenvalue weighted by atomic mass is 19.4. The SMILES string of the molecule is Cc1ccc(COc2cc(F)c3nc(C4[C@@H](C(=O)O)C4(C)C)n(Cc4ccc(OC(F)(F)F)cc4)c3c2)nc1. The Kier molecular flexibility index (Phi) is 6.48. The van der Waals surface area contributed by atoms with Crippen LogP contribution in [0.2, 0.25) is 0 Å². The van der Waals surface area contributed by atoms with E-state index in [4.69, 9.17) is 4.74 Å². The summed E-state index contributed by atoms with van der Waals surface area (Å²) in [5, 5.41) is 9.75. The third-order valence-corrected chi connectivity index (χ3v) is 7.04. The van der Waals surface area contributed by atoms with Gasteiger partial charge in [0.1, 0.15) is 29.4 Å². The van der Waals surface area contributed by atoms with Gasteiger partial charge in [-0.3, -0.25) is 9.78 Å². The third kappa shape index (κ3) is 5.39. The van der Waals surface area contributed by atoms with Crippen molar-refractivity contribution in [2.24, 2.45) is 11.3 Å². The van der Waals surface area contributed by atoms with Crippen molar-refractivity contribution >= 4 is 17.0 Å². The number of ether oxygens (including phenoxy) is 2. The zero-order valence-corrected chi connectivity index (χ0v) is 21.3. The molecular weight excluding hydrogens is 518 g/mol. The molecule has 1 aliphatic carbocycles. The molecule has 7 nitrogen and oxygen atoms in total. The van der Waals surface area contributed by atoms with Crippen molar-refractivity contribution < 1.29 is 36.9 Å². The molecular formula is C28H25F4N3O4. The molecule has 1 aliphatic rings. The standard InChI is InChI=1S/C28H25F4N3O4/c1-15-4-7-17(33-12-15)14-38-19-10-20(29)24-21(11-19)35(25(34-24)22-23(26(36)37)27(22,2)3)13-16-5-8-18(9-6-16)39-28(30,31)32/h4-12,22-23H,13-14H2,1-3H3,(H,36,37)/t22?,23-/m0/s1. The molecule has 11 heteroatoms. The van der Waals surface area contributed by atoms with Crippen molar-refractivity contribution in [3.63, 3.8) is 0 Å². The van der Waals surface area contributed by atoms with Crippen molar-refractivity contribution in [2.75, 3.05) is 0 Å². The minimum absolute atomic E-state index is 0.0506. The van der Waals surface area contributed by atoms with E-state index in [1.54, 1.807) is 22.9 Å². The highest BCUT2D eigenvalue weighted by Crippen LogP contribution is 2.64. The molecule has 5 rings (SSSR count). The first kappa shape index (κ1) is 26.5. The minimum Gasteiger partial charge on any atom is -0.487 e. The van der Waals surface area contributed by atoms with Gasteiger partial charge in [0.25, 0.3) is 0 Å². The maximum absolute atomic E-state index is 15.3. The first-order chi connectivity index (χ1) is 18.3. The van der Waals surface area contributed by atoms with Crippen LogP contribution in [0, 0.1) is 24.1 Å². The first-order valence-corrected chi connectivity index (χ1v) is 12.1. The summed E-state index contributed by atoms with van der Waals surface area (Å²) in [6.07, 6.45) is -3.12. The zero-order chi connectivity index (χ0) is 28.1. The summed E-state index contributed by atoms with van der Waals surface area (Å²) in [5.41, 5.74) is 2.03. The van der Waals surface area contributed by atoms with Crippen molar-refractivity contribution in [3.8, 4) is 11.5 Å². The Morgan fingerprint density at radius 2 is 1.82 bits per heavy atom. The van der Waals surface area contributed by atoms with E-state index in [1.807, 2.05) is 26.8 Å². The van der Waals surface area contributed by atoms with E-state index >= 15 is 4.39 Å². The molecule has 0 amide bonds. The fourth-order valence-electron chi connectivity index (χ4n) is 4.96. The number of nitrogens with zero attached hydrogens (tertiary/aromatic N) is 3. The highest BCUT2D eigenvalue weighted by Gasteiger charge is 2.64. The number of fused-ring (bicyclic) bond motifs is 1. The maximum Gasteiger partial charge on any atom is 0.573 e. The van der Waals surface area contributed by atoms with Gasteiger partial charge in [-0.15, -0.1) is 13.2 Å². The normalized spacial score (nSPS) is 18.2. The minimum atomic E-state index is -4.82. The van der Waals surface area contributed by atoms with Crippen molar-refractivity contribution in [1.82, 2.24) is 14.5 Å². The summed E-state index contributed by atoms with van der Waals surface area (Å²) in [6, 6.07) is 11.8. The molecule has 0 aliphatic heterocycles. The molecule has 2 atom stereocenters. The van der Waals surface area contributed by atoms with Gasteiger partial charge in [-0.25, -0.2) is 9.37 Å². The fraction of sp³-hybridized carbons (Fsp3) is 0.321. The number of halogens is 4. The number of aliphatic carboxylic acids is 1. The lowest BCUT2D eigenvalue weighted by atomic mass is 10.1. The molecule has 1 N–H and O–H groups in total. The second-order valence-electron chi connectivity index (χ2n) is 10.3. The summed E-state index contributed by atoms with van der Waals surface area (Å²) < 4.78 is 64.5. The van der Waals surface area contributed by atoms with Crippen LogP contribution in [0.3, 0.4) is 0 Å². The molecule has 1 fully saturated rings. The molecule has 204 valence electrons.